The van der Waals surface area contributed by atoms with Crippen LogP contribution >= 0.6 is 11.3 Å². The van der Waals surface area contributed by atoms with Crippen LogP contribution in [0.5, 0.6) is 5.75 Å². The van der Waals surface area contributed by atoms with Crippen LogP contribution in [0.3, 0.4) is 0 Å². The summed E-state index contributed by atoms with van der Waals surface area (Å²) in [5.74, 6) is -0.928. The van der Waals surface area contributed by atoms with Crippen molar-refractivity contribution in [3.63, 3.8) is 0 Å². The molecule has 47 heavy (non-hydrogen) atoms. The fraction of sp³-hybridized carbons (Fsp3) is 0.343. The average molecular weight is 667 g/mol. The van der Waals surface area contributed by atoms with E-state index < -0.39 is 24.4 Å². The number of alkyl halides is 3. The second-order valence-electron chi connectivity index (χ2n) is 11.7. The molecule has 0 aliphatic carbocycles. The van der Waals surface area contributed by atoms with E-state index in [-0.39, 0.29) is 30.8 Å². The fourth-order valence-corrected chi connectivity index (χ4v) is 6.70. The van der Waals surface area contributed by atoms with Crippen molar-refractivity contribution in [3.8, 4) is 5.75 Å². The molecule has 3 aromatic carbocycles. The minimum absolute atomic E-state index is 0.0479. The summed E-state index contributed by atoms with van der Waals surface area (Å²) in [6, 6.07) is 19.2. The highest BCUT2D eigenvalue weighted by molar-refractivity contribution is 7.09. The first-order chi connectivity index (χ1) is 22.4. The van der Waals surface area contributed by atoms with E-state index in [0.29, 0.717) is 29.7 Å². The molecular weight excluding hydrogens is 629 g/mol. The quantitative estimate of drug-likeness (QED) is 0.168. The smallest absolute Gasteiger partial charge is 0.406 e. The van der Waals surface area contributed by atoms with Gasteiger partial charge in [-0.15, -0.1) is 24.5 Å². The molecule has 0 unspecified atom stereocenters. The molecule has 1 aliphatic rings. The lowest BCUT2D eigenvalue weighted by molar-refractivity contribution is -0.274. The van der Waals surface area contributed by atoms with Crippen LogP contribution in [0.1, 0.15) is 67.0 Å². The zero-order valence-electron chi connectivity index (χ0n) is 26.1. The molecule has 0 saturated carbocycles. The third kappa shape index (κ3) is 9.40. The number of carbonyl (C=O) groups excluding carboxylic acids is 2. The molecule has 2 amide bonds. The van der Waals surface area contributed by atoms with Gasteiger partial charge in [0.2, 0.25) is 0 Å². The van der Waals surface area contributed by atoms with Gasteiger partial charge in [-0.2, -0.15) is 0 Å². The van der Waals surface area contributed by atoms with E-state index in [1.54, 1.807) is 35.6 Å². The van der Waals surface area contributed by atoms with Crippen molar-refractivity contribution in [1.82, 2.24) is 20.5 Å². The van der Waals surface area contributed by atoms with Gasteiger partial charge in [0.15, 0.2) is 0 Å². The first kappa shape index (κ1) is 34.1. The Morgan fingerprint density at radius 1 is 1.04 bits per heavy atom. The molecule has 2 heterocycles. The van der Waals surface area contributed by atoms with E-state index in [2.05, 4.69) is 20.4 Å². The number of hydrogen-bond acceptors (Lipinski definition) is 7. The molecule has 4 aromatic rings. The van der Waals surface area contributed by atoms with Gasteiger partial charge < -0.3 is 25.4 Å². The van der Waals surface area contributed by atoms with Crippen molar-refractivity contribution < 1.29 is 32.6 Å². The molecule has 248 valence electrons. The molecule has 3 N–H and O–H groups in total. The molecule has 3 atom stereocenters. The van der Waals surface area contributed by atoms with Gasteiger partial charge in [-0.1, -0.05) is 42.5 Å². The molecule has 5 rings (SSSR count). The monoisotopic (exact) mass is 666 g/mol. The van der Waals surface area contributed by atoms with E-state index in [9.17, 15) is 27.9 Å². The number of nitrogens with one attached hydrogen (secondary N) is 2. The number of thiazole rings is 1. The highest BCUT2D eigenvalue weighted by Gasteiger charge is 2.33. The zero-order chi connectivity index (χ0) is 33.6. The lowest BCUT2D eigenvalue weighted by Crippen LogP contribution is -2.48. The van der Waals surface area contributed by atoms with Crippen LogP contribution in [-0.4, -0.2) is 58.4 Å². The summed E-state index contributed by atoms with van der Waals surface area (Å²) < 4.78 is 41.9. The van der Waals surface area contributed by atoms with Gasteiger partial charge in [-0.3, -0.25) is 9.59 Å². The van der Waals surface area contributed by atoms with Crippen molar-refractivity contribution in [2.45, 2.75) is 64.2 Å². The number of likely N-dealkylation sites (tertiary alicyclic amines) is 1. The molecule has 1 fully saturated rings. The Morgan fingerprint density at radius 3 is 2.51 bits per heavy atom. The van der Waals surface area contributed by atoms with Gasteiger partial charge in [0, 0.05) is 41.8 Å². The molecule has 1 saturated heterocycles. The van der Waals surface area contributed by atoms with Crippen LogP contribution in [0.4, 0.5) is 13.2 Å². The number of amides is 2. The van der Waals surface area contributed by atoms with Gasteiger partial charge in [0.25, 0.3) is 11.8 Å². The van der Waals surface area contributed by atoms with Gasteiger partial charge in [0.05, 0.1) is 18.2 Å². The highest BCUT2D eigenvalue weighted by atomic mass is 32.1. The summed E-state index contributed by atoms with van der Waals surface area (Å²) in [7, 11) is 0. The van der Waals surface area contributed by atoms with Crippen LogP contribution < -0.4 is 15.4 Å². The van der Waals surface area contributed by atoms with E-state index in [0.717, 1.165) is 34.7 Å². The summed E-state index contributed by atoms with van der Waals surface area (Å²) in [5.41, 5.74) is 3.81. The molecule has 1 aromatic heterocycles. The van der Waals surface area contributed by atoms with Crippen LogP contribution in [-0.2, 0) is 13.0 Å². The van der Waals surface area contributed by atoms with Gasteiger partial charge in [-0.25, -0.2) is 4.98 Å². The Kier molecular flexibility index (Phi) is 10.9. The Balaban J connectivity index is 1.28. The number of aliphatic hydroxyl groups is 1. The Hall–Kier alpha value is -4.26. The Bertz CT molecular complexity index is 1680. The second-order valence-corrected chi connectivity index (χ2v) is 12.6. The highest BCUT2D eigenvalue weighted by Crippen LogP contribution is 2.35. The number of aryl methyl sites for hydroxylation is 2. The standard InChI is InChI=1S/C35H37F3N4O4S/c1-22-14-26(18-27(15-22)34(45)42-13-7-12-30(42)33-40-23(2)21-47-33)32(44)41-29(17-24-8-4-3-5-9-24)31(43)20-39-19-25-10-6-11-28(16-25)46-35(36,37)38/h3-6,8-11,14-16,18,21,29-31,39,43H,7,12-13,17,19-20H2,1-2H3,(H,41,44)/t29-,30-,31+/m1/s1. The van der Waals surface area contributed by atoms with Crippen molar-refractivity contribution in [3.05, 3.63) is 117 Å². The van der Waals surface area contributed by atoms with E-state index >= 15 is 0 Å². The molecule has 0 radical (unpaired) electrons. The summed E-state index contributed by atoms with van der Waals surface area (Å²) in [6.45, 7) is 4.58. The SMILES string of the molecule is Cc1cc(C(=O)N[C@H](Cc2ccccc2)[C@@H](O)CNCc2cccc(OC(F)(F)F)c2)cc(C(=O)N2CCC[C@@H]2c2nc(C)cs2)c1. The van der Waals surface area contributed by atoms with Gasteiger partial charge in [-0.05, 0) is 80.1 Å². The number of benzene rings is 3. The van der Waals surface area contributed by atoms with Crippen molar-refractivity contribution in [2.24, 2.45) is 0 Å². The zero-order valence-corrected chi connectivity index (χ0v) is 26.9. The maximum Gasteiger partial charge on any atom is 0.573 e. The molecule has 1 aliphatic heterocycles. The topological polar surface area (TPSA) is 104 Å². The summed E-state index contributed by atoms with van der Waals surface area (Å²) in [4.78, 5) is 33.8. The number of aliphatic hydroxyl groups excluding tert-OH is 1. The van der Waals surface area contributed by atoms with E-state index in [4.69, 9.17) is 0 Å². The van der Waals surface area contributed by atoms with Crippen molar-refractivity contribution in [1.29, 1.82) is 0 Å². The molecular formula is C35H37F3N4O4S. The summed E-state index contributed by atoms with van der Waals surface area (Å²) in [6.07, 6.45) is -3.82. The van der Waals surface area contributed by atoms with Crippen molar-refractivity contribution >= 4 is 23.2 Å². The molecule has 0 spiro atoms. The number of carbonyl (C=O) groups is 2. The predicted molar refractivity (Wildman–Crippen MR) is 173 cm³/mol. The summed E-state index contributed by atoms with van der Waals surface area (Å²) in [5, 5.41) is 20.1. The summed E-state index contributed by atoms with van der Waals surface area (Å²) >= 11 is 1.55. The third-order valence-corrected chi connectivity index (χ3v) is 8.98. The van der Waals surface area contributed by atoms with E-state index in [1.165, 1.54) is 18.2 Å². The fourth-order valence-electron chi connectivity index (χ4n) is 5.76. The number of nitrogens with zero attached hydrogens (tertiary/aromatic N) is 2. The van der Waals surface area contributed by atoms with Crippen LogP contribution in [0, 0.1) is 13.8 Å². The number of ether oxygens (including phenoxy) is 1. The third-order valence-electron chi connectivity index (χ3n) is 7.92. The second kappa shape index (κ2) is 15.1. The first-order valence-electron chi connectivity index (χ1n) is 15.4. The lowest BCUT2D eigenvalue weighted by Gasteiger charge is -2.26. The van der Waals surface area contributed by atoms with Crippen LogP contribution in [0.15, 0.2) is 78.2 Å². The number of rotatable bonds is 12. The Morgan fingerprint density at radius 2 is 1.79 bits per heavy atom. The molecule has 12 heteroatoms. The average Bonchev–Trinajstić information content (AvgIpc) is 3.69. The number of halogens is 3. The Labute approximate surface area is 275 Å². The normalized spacial score (nSPS) is 16.1. The minimum atomic E-state index is -4.80. The van der Waals surface area contributed by atoms with Crippen molar-refractivity contribution in [2.75, 3.05) is 13.1 Å². The first-order valence-corrected chi connectivity index (χ1v) is 16.3. The van der Waals surface area contributed by atoms with Gasteiger partial charge >= 0.3 is 6.36 Å². The molecule has 0 bridgehead atoms. The maximum atomic E-state index is 13.7. The lowest BCUT2D eigenvalue weighted by atomic mass is 9.99. The van der Waals surface area contributed by atoms with Crippen LogP contribution in [0.2, 0.25) is 0 Å². The van der Waals surface area contributed by atoms with E-state index in [1.807, 2.05) is 54.5 Å². The van der Waals surface area contributed by atoms with Crippen LogP contribution in [0.25, 0.3) is 0 Å². The number of aromatic nitrogens is 1. The largest absolute Gasteiger partial charge is 0.573 e. The predicted octanol–water partition coefficient (Wildman–Crippen LogP) is 6.13. The number of hydrogen-bond donors (Lipinski definition) is 3. The molecule has 8 nitrogen and oxygen atoms in total. The van der Waals surface area contributed by atoms with Gasteiger partial charge in [0.1, 0.15) is 10.8 Å². The minimum Gasteiger partial charge on any atom is -0.406 e. The maximum absolute atomic E-state index is 13.7.